The first-order valence-corrected chi connectivity index (χ1v) is 18.5. The van der Waals surface area contributed by atoms with Crippen LogP contribution >= 0.6 is 0 Å². The molecular formula is C50H44N2. The second-order valence-electron chi connectivity index (χ2n) is 15.6. The third-order valence-corrected chi connectivity index (χ3v) is 11.8. The molecule has 0 aliphatic heterocycles. The van der Waals surface area contributed by atoms with Crippen molar-refractivity contribution in [2.45, 2.75) is 50.7 Å². The zero-order chi connectivity index (χ0) is 35.6. The van der Waals surface area contributed by atoms with Gasteiger partial charge in [0, 0.05) is 10.8 Å². The summed E-state index contributed by atoms with van der Waals surface area (Å²) in [5.41, 5.74) is 23.5. The van der Waals surface area contributed by atoms with Gasteiger partial charge >= 0.3 is 0 Å². The van der Waals surface area contributed by atoms with Crippen molar-refractivity contribution in [1.29, 1.82) is 0 Å². The van der Waals surface area contributed by atoms with Crippen LogP contribution in [0.2, 0.25) is 0 Å². The van der Waals surface area contributed by atoms with Crippen LogP contribution in [0.25, 0.3) is 50.2 Å². The maximum absolute atomic E-state index is 6.92. The average Bonchev–Trinajstić information content (AvgIpc) is 3.55. The Labute approximate surface area is 307 Å². The molecule has 2 aliphatic carbocycles. The van der Waals surface area contributed by atoms with Gasteiger partial charge in [0.25, 0.3) is 0 Å². The number of rotatable bonds is 7. The predicted molar refractivity (Wildman–Crippen MR) is 219 cm³/mol. The lowest BCUT2D eigenvalue weighted by Gasteiger charge is -2.25. The summed E-state index contributed by atoms with van der Waals surface area (Å²) < 4.78 is 0. The van der Waals surface area contributed by atoms with E-state index in [0.717, 1.165) is 5.56 Å². The van der Waals surface area contributed by atoms with Gasteiger partial charge in [0.2, 0.25) is 0 Å². The minimum Gasteiger partial charge on any atom is -0.312 e. The molecule has 52 heavy (non-hydrogen) atoms. The molecule has 0 saturated heterocycles. The maximum Gasteiger partial charge on any atom is 0.0817 e. The summed E-state index contributed by atoms with van der Waals surface area (Å²) in [6, 6.07) is 55.1. The molecule has 0 bridgehead atoms. The summed E-state index contributed by atoms with van der Waals surface area (Å²) >= 11 is 0. The molecular weight excluding hydrogens is 629 g/mol. The third-order valence-electron chi connectivity index (χ3n) is 11.8. The highest BCUT2D eigenvalue weighted by atomic mass is 15.0. The predicted octanol–water partition coefficient (Wildman–Crippen LogP) is 12.1. The second kappa shape index (κ2) is 12.3. The van der Waals surface area contributed by atoms with E-state index in [1.165, 1.54) is 77.5 Å². The van der Waals surface area contributed by atoms with Crippen molar-refractivity contribution in [2.75, 3.05) is 0 Å². The lowest BCUT2D eigenvalue weighted by Crippen LogP contribution is -2.31. The maximum atomic E-state index is 6.92. The largest absolute Gasteiger partial charge is 0.312 e. The Hall–Kier alpha value is -5.54. The van der Waals surface area contributed by atoms with Gasteiger partial charge in [0.1, 0.15) is 0 Å². The van der Waals surface area contributed by atoms with Gasteiger partial charge in [0.15, 0.2) is 0 Å². The first kappa shape index (κ1) is 32.4. The number of hydrogen-bond acceptors (Lipinski definition) is 2. The highest BCUT2D eigenvalue weighted by Crippen LogP contribution is 2.53. The normalized spacial score (nSPS) is 15.9. The van der Waals surface area contributed by atoms with E-state index < -0.39 is 0 Å². The first-order chi connectivity index (χ1) is 25.2. The first-order valence-electron chi connectivity index (χ1n) is 18.5. The van der Waals surface area contributed by atoms with Crippen LogP contribution in [0.15, 0.2) is 158 Å². The fourth-order valence-corrected chi connectivity index (χ4v) is 8.91. The summed E-state index contributed by atoms with van der Waals surface area (Å²) in [5.74, 6) is 0. The Balaban J connectivity index is 1.16. The topological polar surface area (TPSA) is 38.0 Å². The second-order valence-corrected chi connectivity index (χ2v) is 15.6. The quantitative estimate of drug-likeness (QED) is 0.165. The van der Waals surface area contributed by atoms with Crippen LogP contribution in [0.3, 0.4) is 0 Å². The van der Waals surface area contributed by atoms with Gasteiger partial charge in [-0.15, -0.1) is 0 Å². The molecule has 7 aromatic rings. The Morgan fingerprint density at radius 1 is 0.500 bits per heavy atom. The van der Waals surface area contributed by atoms with Gasteiger partial charge < -0.3 is 5.73 Å². The molecule has 2 heteroatoms. The minimum absolute atomic E-state index is 0.0922. The van der Waals surface area contributed by atoms with E-state index in [1.807, 2.05) is 6.07 Å². The van der Waals surface area contributed by atoms with E-state index in [9.17, 15) is 0 Å². The summed E-state index contributed by atoms with van der Waals surface area (Å²) in [4.78, 5) is 0. The summed E-state index contributed by atoms with van der Waals surface area (Å²) in [6.45, 7) is 9.44. The number of nitrogens with one attached hydrogen (secondary N) is 1. The fourth-order valence-electron chi connectivity index (χ4n) is 8.91. The highest BCUT2D eigenvalue weighted by Gasteiger charge is 2.38. The van der Waals surface area contributed by atoms with Crippen LogP contribution in [0.1, 0.15) is 78.8 Å². The molecule has 2 nitrogen and oxygen atoms in total. The van der Waals surface area contributed by atoms with E-state index in [-0.39, 0.29) is 23.0 Å². The Morgan fingerprint density at radius 3 is 1.85 bits per heavy atom. The van der Waals surface area contributed by atoms with Crippen molar-refractivity contribution >= 4 is 16.8 Å². The van der Waals surface area contributed by atoms with Gasteiger partial charge in [-0.1, -0.05) is 179 Å². The monoisotopic (exact) mass is 672 g/mol. The standard InChI is InChI=1S/C50H44N2/c1-49(2)41-23-13-21-33(46(41)40-29-35-19-11-12-20-36(35)30-44(40)49)26-28-45(52-48(51)34-17-9-6-10-18-34)37-25-27-39-43(31-37)50(3,4)42-24-14-22-38(47(39)42)32-15-7-5-8-16-32/h5-31,45,48,52H,51H2,1-4H3/b28-26+. The molecule has 2 unspecified atom stereocenters. The number of fused-ring (bicyclic) bond motifs is 7. The molecule has 0 saturated carbocycles. The number of nitrogens with two attached hydrogens (primary N) is 1. The van der Waals surface area contributed by atoms with Gasteiger partial charge in [-0.05, 0) is 95.2 Å². The lowest BCUT2D eigenvalue weighted by molar-refractivity contribution is 0.508. The highest BCUT2D eigenvalue weighted by molar-refractivity contribution is 5.96. The summed E-state index contributed by atoms with van der Waals surface area (Å²) in [5, 5.41) is 6.38. The Morgan fingerprint density at radius 2 is 1.12 bits per heavy atom. The van der Waals surface area contributed by atoms with Crippen molar-refractivity contribution < 1.29 is 0 Å². The van der Waals surface area contributed by atoms with Crippen LogP contribution in [0, 0.1) is 0 Å². The molecule has 2 atom stereocenters. The van der Waals surface area contributed by atoms with Crippen molar-refractivity contribution in [3.05, 3.63) is 197 Å². The van der Waals surface area contributed by atoms with Crippen LogP contribution in [-0.2, 0) is 10.8 Å². The minimum atomic E-state index is -0.341. The zero-order valence-corrected chi connectivity index (χ0v) is 30.3. The van der Waals surface area contributed by atoms with Crippen LogP contribution in [-0.4, -0.2) is 0 Å². The van der Waals surface area contributed by atoms with Crippen molar-refractivity contribution in [3.8, 4) is 33.4 Å². The molecule has 0 aromatic heterocycles. The molecule has 0 amide bonds. The molecule has 0 spiro atoms. The molecule has 0 fully saturated rings. The van der Waals surface area contributed by atoms with Crippen LogP contribution in [0.5, 0.6) is 0 Å². The van der Waals surface area contributed by atoms with Crippen molar-refractivity contribution in [3.63, 3.8) is 0 Å². The van der Waals surface area contributed by atoms with E-state index in [2.05, 4.69) is 191 Å². The van der Waals surface area contributed by atoms with Crippen LogP contribution in [0.4, 0.5) is 0 Å². The summed E-state index contributed by atoms with van der Waals surface area (Å²) in [7, 11) is 0. The summed E-state index contributed by atoms with van der Waals surface area (Å²) in [6.07, 6.45) is 4.29. The van der Waals surface area contributed by atoms with Gasteiger partial charge in [-0.2, -0.15) is 0 Å². The van der Waals surface area contributed by atoms with E-state index in [1.54, 1.807) is 0 Å². The third kappa shape index (κ3) is 5.17. The SMILES string of the molecule is CC1(C)c2cc3ccccc3cc2-c2c(/C=C/C(NC(N)c3ccccc3)c3ccc4c(c3)C(C)(C)c3cccc(-c5ccccc5)c3-4)cccc21. The number of hydrogen-bond donors (Lipinski definition) is 2. The molecule has 3 N–H and O–H groups in total. The molecule has 2 aliphatic rings. The fraction of sp³-hybridized carbons (Fsp3) is 0.160. The Kier molecular flexibility index (Phi) is 7.66. The smallest absolute Gasteiger partial charge is 0.0817 e. The zero-order valence-electron chi connectivity index (χ0n) is 30.3. The van der Waals surface area contributed by atoms with Crippen molar-refractivity contribution in [1.82, 2.24) is 5.32 Å². The van der Waals surface area contributed by atoms with Crippen LogP contribution < -0.4 is 11.1 Å². The lowest BCUT2D eigenvalue weighted by atomic mass is 9.81. The molecule has 0 radical (unpaired) electrons. The molecule has 254 valence electrons. The molecule has 0 heterocycles. The van der Waals surface area contributed by atoms with E-state index >= 15 is 0 Å². The molecule has 9 rings (SSSR count). The average molecular weight is 673 g/mol. The van der Waals surface area contributed by atoms with Gasteiger partial charge in [0.05, 0.1) is 12.2 Å². The van der Waals surface area contributed by atoms with E-state index in [0.29, 0.717) is 0 Å². The Bertz CT molecular complexity index is 2510. The molecule has 7 aromatic carbocycles. The van der Waals surface area contributed by atoms with Gasteiger partial charge in [-0.3, -0.25) is 5.32 Å². The van der Waals surface area contributed by atoms with Gasteiger partial charge in [-0.25, -0.2) is 0 Å². The van der Waals surface area contributed by atoms with E-state index in [4.69, 9.17) is 5.73 Å². The number of benzene rings is 7. The van der Waals surface area contributed by atoms with Crippen molar-refractivity contribution in [2.24, 2.45) is 5.73 Å².